The van der Waals surface area contributed by atoms with Gasteiger partial charge >= 0.3 is 0 Å². The Morgan fingerprint density at radius 3 is 2.75 bits per heavy atom. The highest BCUT2D eigenvalue weighted by molar-refractivity contribution is 7.93. The molecule has 20 heavy (non-hydrogen) atoms. The van der Waals surface area contributed by atoms with Crippen LogP contribution >= 0.6 is 11.3 Å². The van der Waals surface area contributed by atoms with Gasteiger partial charge in [0.2, 0.25) is 0 Å². The summed E-state index contributed by atoms with van der Waals surface area (Å²) in [6.45, 7) is 4.30. The van der Waals surface area contributed by atoms with Crippen LogP contribution in [-0.2, 0) is 16.6 Å². The Bertz CT molecular complexity index is 708. The van der Waals surface area contributed by atoms with Crippen LogP contribution in [-0.4, -0.2) is 20.4 Å². The first-order valence-corrected chi connectivity index (χ1v) is 8.41. The van der Waals surface area contributed by atoms with Gasteiger partial charge < -0.3 is 5.32 Å². The summed E-state index contributed by atoms with van der Waals surface area (Å²) in [5.41, 5.74) is 1.35. The maximum absolute atomic E-state index is 12.4. The van der Waals surface area contributed by atoms with E-state index in [2.05, 4.69) is 15.0 Å². The normalized spacial score (nSPS) is 11.6. The van der Waals surface area contributed by atoms with E-state index in [-0.39, 0.29) is 0 Å². The van der Waals surface area contributed by atoms with Crippen molar-refractivity contribution in [3.05, 3.63) is 39.8 Å². The zero-order valence-electron chi connectivity index (χ0n) is 11.6. The minimum Gasteiger partial charge on any atom is -0.315 e. The Balaban J connectivity index is 2.33. The molecule has 2 N–H and O–H groups in total. The van der Waals surface area contributed by atoms with Crippen LogP contribution in [0.2, 0.25) is 0 Å². The number of aromatic nitrogens is 1. The van der Waals surface area contributed by atoms with Crippen molar-refractivity contribution in [1.29, 1.82) is 0 Å². The lowest BCUT2D eigenvalue weighted by Crippen LogP contribution is -2.14. The first-order valence-electron chi connectivity index (χ1n) is 6.11. The quantitative estimate of drug-likeness (QED) is 0.888. The summed E-state index contributed by atoms with van der Waals surface area (Å²) in [5, 5.41) is 3.02. The van der Waals surface area contributed by atoms with Gasteiger partial charge in [0.05, 0.1) is 5.69 Å². The van der Waals surface area contributed by atoms with Gasteiger partial charge in [-0.2, -0.15) is 0 Å². The molecule has 0 amide bonds. The Morgan fingerprint density at radius 2 is 2.10 bits per heavy atom. The lowest BCUT2D eigenvalue weighted by atomic mass is 10.3. The van der Waals surface area contributed by atoms with Gasteiger partial charge in [-0.25, -0.2) is 8.42 Å². The number of aryl methyl sites for hydroxylation is 2. The molecule has 2 aromatic rings. The van der Waals surface area contributed by atoms with Crippen LogP contribution in [0.5, 0.6) is 0 Å². The summed E-state index contributed by atoms with van der Waals surface area (Å²) in [5.74, 6) is 0. The Kier molecular flexibility index (Phi) is 4.42. The molecule has 0 saturated heterocycles. The number of hydrogen-bond acceptors (Lipinski definition) is 5. The van der Waals surface area contributed by atoms with Crippen molar-refractivity contribution < 1.29 is 8.42 Å². The third-order valence-corrected chi connectivity index (χ3v) is 5.50. The van der Waals surface area contributed by atoms with E-state index in [0.29, 0.717) is 17.1 Å². The standard InChI is InChI=1S/C13H17N3O2S2/c1-9-7-15-5-4-12(9)16-20(17,18)13-6-11(8-14-3)19-10(13)2/h4-7,14H,8H2,1-3H3,(H,15,16). The second-order valence-corrected chi connectivity index (χ2v) is 7.45. The van der Waals surface area contributed by atoms with Gasteiger partial charge in [-0.3, -0.25) is 9.71 Å². The van der Waals surface area contributed by atoms with Gasteiger partial charge in [0.15, 0.2) is 0 Å². The van der Waals surface area contributed by atoms with Crippen LogP contribution in [0.4, 0.5) is 5.69 Å². The number of thiophene rings is 1. The molecule has 0 atom stereocenters. The maximum atomic E-state index is 12.4. The van der Waals surface area contributed by atoms with Gasteiger partial charge in [0.1, 0.15) is 4.90 Å². The topological polar surface area (TPSA) is 71.1 Å². The SMILES string of the molecule is CNCc1cc(S(=O)(=O)Nc2ccncc2C)c(C)s1. The fourth-order valence-electron chi connectivity index (χ4n) is 1.84. The Labute approximate surface area is 123 Å². The zero-order valence-corrected chi connectivity index (χ0v) is 13.2. The van der Waals surface area contributed by atoms with E-state index in [0.717, 1.165) is 15.3 Å². The number of nitrogens with zero attached hydrogens (tertiary/aromatic N) is 1. The fraction of sp³-hybridized carbons (Fsp3) is 0.308. The number of pyridine rings is 1. The van der Waals surface area contributed by atoms with Crippen molar-refractivity contribution in [2.75, 3.05) is 11.8 Å². The molecular weight excluding hydrogens is 294 g/mol. The molecule has 0 bridgehead atoms. The lowest BCUT2D eigenvalue weighted by molar-refractivity contribution is 0.601. The van der Waals surface area contributed by atoms with E-state index in [4.69, 9.17) is 0 Å². The van der Waals surface area contributed by atoms with Gasteiger partial charge in [0, 0.05) is 28.7 Å². The van der Waals surface area contributed by atoms with E-state index in [1.165, 1.54) is 11.3 Å². The fourth-order valence-corrected chi connectivity index (χ4v) is 4.62. The van der Waals surface area contributed by atoms with Crippen molar-refractivity contribution in [2.24, 2.45) is 0 Å². The van der Waals surface area contributed by atoms with Gasteiger partial charge in [-0.05, 0) is 38.6 Å². The average Bonchev–Trinajstić information content (AvgIpc) is 2.74. The number of sulfonamides is 1. The predicted octanol–water partition coefficient (Wildman–Crippen LogP) is 2.28. The summed E-state index contributed by atoms with van der Waals surface area (Å²) in [4.78, 5) is 6.07. The molecule has 2 aromatic heterocycles. The molecule has 2 rings (SSSR count). The third kappa shape index (κ3) is 3.17. The summed E-state index contributed by atoms with van der Waals surface area (Å²) < 4.78 is 27.5. The summed E-state index contributed by atoms with van der Waals surface area (Å²) in [6.07, 6.45) is 3.20. The molecule has 108 valence electrons. The molecule has 0 fully saturated rings. The van der Waals surface area contributed by atoms with E-state index < -0.39 is 10.0 Å². The van der Waals surface area contributed by atoms with E-state index in [1.807, 2.05) is 20.9 Å². The second-order valence-electron chi connectivity index (χ2n) is 4.46. The van der Waals surface area contributed by atoms with Crippen LogP contribution in [0.25, 0.3) is 0 Å². The molecule has 0 aliphatic carbocycles. The van der Waals surface area contributed by atoms with Crippen molar-refractivity contribution in [3.63, 3.8) is 0 Å². The maximum Gasteiger partial charge on any atom is 0.263 e. The second kappa shape index (κ2) is 5.90. The monoisotopic (exact) mass is 311 g/mol. The van der Waals surface area contributed by atoms with Crippen molar-refractivity contribution in [1.82, 2.24) is 10.3 Å². The highest BCUT2D eigenvalue weighted by atomic mass is 32.2. The Morgan fingerprint density at radius 1 is 1.35 bits per heavy atom. The summed E-state index contributed by atoms with van der Waals surface area (Å²) in [6, 6.07) is 3.37. The van der Waals surface area contributed by atoms with E-state index in [9.17, 15) is 8.42 Å². The smallest absolute Gasteiger partial charge is 0.263 e. The molecule has 2 heterocycles. The van der Waals surface area contributed by atoms with Gasteiger partial charge in [0.25, 0.3) is 10.0 Å². The molecule has 0 radical (unpaired) electrons. The van der Waals surface area contributed by atoms with Crippen LogP contribution < -0.4 is 10.0 Å². The Hall–Kier alpha value is -1.44. The number of rotatable bonds is 5. The molecule has 7 heteroatoms. The van der Waals surface area contributed by atoms with Crippen molar-refractivity contribution in [3.8, 4) is 0 Å². The highest BCUT2D eigenvalue weighted by Crippen LogP contribution is 2.27. The average molecular weight is 311 g/mol. The molecule has 0 saturated carbocycles. The molecule has 0 aliphatic rings. The van der Waals surface area contributed by atoms with Crippen LogP contribution in [0.15, 0.2) is 29.4 Å². The van der Waals surface area contributed by atoms with Crippen LogP contribution in [0.3, 0.4) is 0 Å². The molecule has 0 unspecified atom stereocenters. The zero-order chi connectivity index (χ0) is 14.8. The summed E-state index contributed by atoms with van der Waals surface area (Å²) in [7, 11) is -1.72. The van der Waals surface area contributed by atoms with Gasteiger partial charge in [-0.15, -0.1) is 11.3 Å². The number of anilines is 1. The highest BCUT2D eigenvalue weighted by Gasteiger charge is 2.20. The largest absolute Gasteiger partial charge is 0.315 e. The van der Waals surface area contributed by atoms with Crippen molar-refractivity contribution >= 4 is 27.0 Å². The first-order chi connectivity index (χ1) is 9.44. The predicted molar refractivity (Wildman–Crippen MR) is 81.6 cm³/mol. The third-order valence-electron chi connectivity index (χ3n) is 2.83. The molecule has 5 nitrogen and oxygen atoms in total. The minimum absolute atomic E-state index is 0.337. The minimum atomic E-state index is -3.56. The number of nitrogens with one attached hydrogen (secondary N) is 2. The molecule has 0 aliphatic heterocycles. The molecule has 0 spiro atoms. The first kappa shape index (κ1) is 15.0. The summed E-state index contributed by atoms with van der Waals surface area (Å²) >= 11 is 1.49. The lowest BCUT2D eigenvalue weighted by Gasteiger charge is -2.09. The molecule has 0 aromatic carbocycles. The van der Waals surface area contributed by atoms with E-state index in [1.54, 1.807) is 24.5 Å². The molecular formula is C13H17N3O2S2. The van der Waals surface area contributed by atoms with Crippen LogP contribution in [0, 0.1) is 13.8 Å². The van der Waals surface area contributed by atoms with Crippen molar-refractivity contribution in [2.45, 2.75) is 25.3 Å². The van der Waals surface area contributed by atoms with E-state index >= 15 is 0 Å². The van der Waals surface area contributed by atoms with Gasteiger partial charge in [-0.1, -0.05) is 0 Å². The van der Waals surface area contributed by atoms with Crippen LogP contribution in [0.1, 0.15) is 15.3 Å². The number of hydrogen-bond donors (Lipinski definition) is 2.